The van der Waals surface area contributed by atoms with Gasteiger partial charge in [-0.15, -0.1) is 0 Å². The van der Waals surface area contributed by atoms with Gasteiger partial charge in [-0.05, 0) is 56.2 Å². The van der Waals surface area contributed by atoms with E-state index in [1.165, 1.54) is 5.56 Å². The molecule has 0 aliphatic carbocycles. The quantitative estimate of drug-likeness (QED) is 0.866. The molecule has 0 radical (unpaired) electrons. The smallest absolute Gasteiger partial charge is 0.121 e. The van der Waals surface area contributed by atoms with Crippen LogP contribution < -0.4 is 5.32 Å². The van der Waals surface area contributed by atoms with Gasteiger partial charge in [-0.3, -0.25) is 0 Å². The van der Waals surface area contributed by atoms with E-state index in [-0.39, 0.29) is 5.60 Å². The van der Waals surface area contributed by atoms with Crippen LogP contribution in [0.2, 0.25) is 0 Å². The van der Waals surface area contributed by atoms with Gasteiger partial charge in [0, 0.05) is 19.2 Å². The van der Waals surface area contributed by atoms with Crippen molar-refractivity contribution in [1.29, 1.82) is 0 Å². The van der Waals surface area contributed by atoms with Crippen molar-refractivity contribution >= 4 is 0 Å². The first-order valence-corrected chi connectivity index (χ1v) is 8.16. The topological polar surface area (TPSA) is 41.5 Å². The minimum absolute atomic E-state index is 0.0662. The summed E-state index contributed by atoms with van der Waals surface area (Å²) in [5, 5.41) is 13.5. The summed E-state index contributed by atoms with van der Waals surface area (Å²) in [6.07, 6.45) is 4.34. The van der Waals surface area contributed by atoms with E-state index in [1.807, 2.05) is 13.8 Å². The SMILES string of the molecule is CCC1(CC)CC(NCc2cc(C)c(O)c(C)c2)CCO1. The molecule has 1 unspecified atom stereocenters. The monoisotopic (exact) mass is 291 g/mol. The standard InChI is InChI=1S/C18H29NO2/c1-5-18(6-2)11-16(7-8-21-18)19-12-15-9-13(3)17(20)14(4)10-15/h9-10,16,19-20H,5-8,11-12H2,1-4H3. The molecule has 0 aromatic heterocycles. The average Bonchev–Trinajstić information content (AvgIpc) is 2.50. The van der Waals surface area contributed by atoms with E-state index in [4.69, 9.17) is 4.74 Å². The largest absolute Gasteiger partial charge is 0.507 e. The molecule has 2 rings (SSSR count). The molecule has 1 aromatic carbocycles. The summed E-state index contributed by atoms with van der Waals surface area (Å²) < 4.78 is 6.03. The first-order valence-electron chi connectivity index (χ1n) is 8.16. The molecule has 0 amide bonds. The molecule has 0 saturated carbocycles. The Morgan fingerprint density at radius 3 is 2.43 bits per heavy atom. The van der Waals surface area contributed by atoms with Gasteiger partial charge in [0.2, 0.25) is 0 Å². The van der Waals surface area contributed by atoms with E-state index < -0.39 is 0 Å². The number of rotatable bonds is 5. The highest BCUT2D eigenvalue weighted by Gasteiger charge is 2.34. The maximum atomic E-state index is 9.84. The van der Waals surface area contributed by atoms with Gasteiger partial charge >= 0.3 is 0 Å². The molecule has 2 N–H and O–H groups in total. The molecule has 1 aliphatic heterocycles. The van der Waals surface area contributed by atoms with Gasteiger partial charge in [-0.25, -0.2) is 0 Å². The van der Waals surface area contributed by atoms with Gasteiger partial charge in [-0.2, -0.15) is 0 Å². The van der Waals surface area contributed by atoms with E-state index in [2.05, 4.69) is 31.3 Å². The molecule has 1 heterocycles. The number of hydrogen-bond acceptors (Lipinski definition) is 3. The van der Waals surface area contributed by atoms with Crippen LogP contribution in [-0.2, 0) is 11.3 Å². The van der Waals surface area contributed by atoms with Crippen LogP contribution in [0.25, 0.3) is 0 Å². The van der Waals surface area contributed by atoms with Crippen LogP contribution >= 0.6 is 0 Å². The van der Waals surface area contributed by atoms with E-state index in [9.17, 15) is 5.11 Å². The van der Waals surface area contributed by atoms with Crippen molar-refractivity contribution in [2.75, 3.05) is 6.61 Å². The fourth-order valence-corrected chi connectivity index (χ4v) is 3.35. The van der Waals surface area contributed by atoms with Gasteiger partial charge in [-0.1, -0.05) is 26.0 Å². The zero-order chi connectivity index (χ0) is 15.5. The second-order valence-electron chi connectivity index (χ2n) is 6.39. The Kier molecular flexibility index (Phi) is 5.28. The Morgan fingerprint density at radius 2 is 1.86 bits per heavy atom. The summed E-state index contributed by atoms with van der Waals surface area (Å²) in [5.41, 5.74) is 3.22. The van der Waals surface area contributed by atoms with Crippen LogP contribution in [-0.4, -0.2) is 23.4 Å². The first kappa shape index (κ1) is 16.3. The number of nitrogens with one attached hydrogen (secondary N) is 1. The van der Waals surface area contributed by atoms with Crippen LogP contribution in [0.4, 0.5) is 0 Å². The maximum absolute atomic E-state index is 9.84. The minimum atomic E-state index is 0.0662. The van der Waals surface area contributed by atoms with Gasteiger partial charge in [0.1, 0.15) is 5.75 Å². The number of phenolic OH excluding ortho intramolecular Hbond substituents is 1. The predicted molar refractivity (Wildman–Crippen MR) is 86.7 cm³/mol. The van der Waals surface area contributed by atoms with Gasteiger partial charge in [0.25, 0.3) is 0 Å². The zero-order valence-electron chi connectivity index (χ0n) is 13.8. The molecular weight excluding hydrogens is 262 g/mol. The van der Waals surface area contributed by atoms with Crippen molar-refractivity contribution in [3.05, 3.63) is 28.8 Å². The van der Waals surface area contributed by atoms with Gasteiger partial charge < -0.3 is 15.2 Å². The third-order valence-corrected chi connectivity index (χ3v) is 4.93. The number of ether oxygens (including phenoxy) is 1. The summed E-state index contributed by atoms with van der Waals surface area (Å²) in [4.78, 5) is 0. The fourth-order valence-electron chi connectivity index (χ4n) is 3.35. The second kappa shape index (κ2) is 6.80. The van der Waals surface area contributed by atoms with E-state index in [1.54, 1.807) is 0 Å². The Hall–Kier alpha value is -1.06. The summed E-state index contributed by atoms with van der Waals surface area (Å²) in [6, 6.07) is 4.66. The summed E-state index contributed by atoms with van der Waals surface area (Å²) >= 11 is 0. The highest BCUT2D eigenvalue weighted by atomic mass is 16.5. The fraction of sp³-hybridized carbons (Fsp3) is 0.667. The van der Waals surface area contributed by atoms with Crippen molar-refractivity contribution in [3.63, 3.8) is 0 Å². The molecule has 21 heavy (non-hydrogen) atoms. The van der Waals surface area contributed by atoms with Gasteiger partial charge in [0.05, 0.1) is 5.60 Å². The highest BCUT2D eigenvalue weighted by Crippen LogP contribution is 2.31. The van der Waals surface area contributed by atoms with E-state index in [0.29, 0.717) is 11.8 Å². The third kappa shape index (κ3) is 3.78. The Labute approximate surface area is 128 Å². The maximum Gasteiger partial charge on any atom is 0.121 e. The normalized spacial score (nSPS) is 21.4. The number of phenols is 1. The van der Waals surface area contributed by atoms with Crippen LogP contribution in [0, 0.1) is 13.8 Å². The van der Waals surface area contributed by atoms with E-state index in [0.717, 1.165) is 50.0 Å². The number of aromatic hydroxyl groups is 1. The van der Waals surface area contributed by atoms with E-state index >= 15 is 0 Å². The molecule has 3 nitrogen and oxygen atoms in total. The lowest BCUT2D eigenvalue weighted by atomic mass is 9.86. The van der Waals surface area contributed by atoms with Crippen molar-refractivity contribution in [2.24, 2.45) is 0 Å². The molecule has 1 aromatic rings. The Balaban J connectivity index is 1.97. The zero-order valence-corrected chi connectivity index (χ0v) is 13.8. The molecule has 118 valence electrons. The predicted octanol–water partition coefficient (Wildman–Crippen LogP) is 3.84. The molecule has 1 aliphatic rings. The number of aryl methyl sites for hydroxylation is 2. The molecule has 1 fully saturated rings. The van der Waals surface area contributed by atoms with Crippen molar-refractivity contribution in [3.8, 4) is 5.75 Å². The Bertz CT molecular complexity index is 457. The summed E-state index contributed by atoms with van der Waals surface area (Å²) in [6.45, 7) is 10.1. The lowest BCUT2D eigenvalue weighted by Crippen LogP contribution is -2.46. The number of hydrogen-bond donors (Lipinski definition) is 2. The van der Waals surface area contributed by atoms with Crippen molar-refractivity contribution in [2.45, 2.75) is 71.6 Å². The molecule has 0 bridgehead atoms. The second-order valence-corrected chi connectivity index (χ2v) is 6.39. The average molecular weight is 291 g/mol. The lowest BCUT2D eigenvalue weighted by Gasteiger charge is -2.40. The number of benzene rings is 1. The van der Waals surface area contributed by atoms with Crippen LogP contribution in [0.3, 0.4) is 0 Å². The van der Waals surface area contributed by atoms with Crippen LogP contribution in [0.5, 0.6) is 5.75 Å². The lowest BCUT2D eigenvalue weighted by molar-refractivity contribution is -0.0932. The van der Waals surface area contributed by atoms with Crippen molar-refractivity contribution < 1.29 is 9.84 Å². The summed E-state index contributed by atoms with van der Waals surface area (Å²) in [5.74, 6) is 0.417. The molecular formula is C18H29NO2. The molecule has 0 spiro atoms. The Morgan fingerprint density at radius 1 is 1.24 bits per heavy atom. The van der Waals surface area contributed by atoms with Crippen LogP contribution in [0.15, 0.2) is 12.1 Å². The summed E-state index contributed by atoms with van der Waals surface area (Å²) in [7, 11) is 0. The molecule has 1 atom stereocenters. The molecule has 3 heteroatoms. The molecule has 1 saturated heterocycles. The third-order valence-electron chi connectivity index (χ3n) is 4.93. The van der Waals surface area contributed by atoms with Crippen LogP contribution in [0.1, 0.15) is 56.2 Å². The first-order chi connectivity index (χ1) is 9.99. The van der Waals surface area contributed by atoms with Crippen molar-refractivity contribution in [1.82, 2.24) is 5.32 Å². The highest BCUT2D eigenvalue weighted by molar-refractivity contribution is 5.42. The van der Waals surface area contributed by atoms with Gasteiger partial charge in [0.15, 0.2) is 0 Å². The minimum Gasteiger partial charge on any atom is -0.507 e.